The Morgan fingerprint density at radius 3 is 2.52 bits per heavy atom. The molecule has 0 radical (unpaired) electrons. The van der Waals surface area contributed by atoms with E-state index < -0.39 is 0 Å². The van der Waals surface area contributed by atoms with Crippen LogP contribution in [-0.4, -0.2) is 22.1 Å². The highest BCUT2D eigenvalue weighted by Crippen LogP contribution is 2.23. The molecule has 1 aromatic carbocycles. The molecule has 1 atom stereocenters. The van der Waals surface area contributed by atoms with E-state index in [2.05, 4.69) is 54.6 Å². The summed E-state index contributed by atoms with van der Waals surface area (Å²) in [6.45, 7) is 5.34. The largest absolute Gasteiger partial charge is 0.310 e. The van der Waals surface area contributed by atoms with E-state index in [1.807, 2.05) is 29.7 Å². The Labute approximate surface area is 132 Å². The van der Waals surface area contributed by atoms with Gasteiger partial charge in [0.05, 0.1) is 0 Å². The van der Waals surface area contributed by atoms with E-state index in [0.717, 1.165) is 25.1 Å². The zero-order chi connectivity index (χ0) is 15.1. The molecule has 2 rings (SSSR count). The lowest BCUT2D eigenvalue weighted by Gasteiger charge is -2.18. The number of benzene rings is 1. The highest BCUT2D eigenvalue weighted by molar-refractivity contribution is 7.99. The van der Waals surface area contributed by atoms with E-state index in [1.165, 1.54) is 16.2 Å². The van der Waals surface area contributed by atoms with E-state index in [9.17, 15) is 0 Å². The molecular formula is C17H25N3S. The van der Waals surface area contributed by atoms with Gasteiger partial charge in [-0.05, 0) is 48.9 Å². The fraction of sp³-hybridized carbons (Fsp3) is 0.471. The van der Waals surface area contributed by atoms with Crippen molar-refractivity contribution in [2.75, 3.05) is 12.3 Å². The molecule has 114 valence electrons. The summed E-state index contributed by atoms with van der Waals surface area (Å²) in [7, 11) is 2.01. The summed E-state index contributed by atoms with van der Waals surface area (Å²) in [6, 6.07) is 11.5. The molecule has 0 fully saturated rings. The van der Waals surface area contributed by atoms with Crippen LogP contribution in [-0.2, 0) is 13.5 Å². The maximum Gasteiger partial charge on any atom is 0.0492 e. The molecule has 0 spiro atoms. The molecule has 3 nitrogen and oxygen atoms in total. The first-order valence-corrected chi connectivity index (χ1v) is 8.66. The number of nitrogens with one attached hydrogen (secondary N) is 1. The number of thioether (sulfide) groups is 1. The van der Waals surface area contributed by atoms with Crippen LogP contribution in [0.2, 0.25) is 0 Å². The van der Waals surface area contributed by atoms with Crippen molar-refractivity contribution in [3.8, 4) is 0 Å². The highest BCUT2D eigenvalue weighted by atomic mass is 32.2. The standard InChI is InChI=1S/C17H25N3S/c1-4-18-17(11-8-15-12-13-19-20(15)3)14-6-9-16(10-7-14)21-5-2/h6-7,9-10,12-13,17-18H,4-5,8,11H2,1-3H3. The van der Waals surface area contributed by atoms with Gasteiger partial charge >= 0.3 is 0 Å². The molecule has 4 heteroatoms. The van der Waals surface area contributed by atoms with Crippen molar-refractivity contribution in [2.24, 2.45) is 7.05 Å². The minimum Gasteiger partial charge on any atom is -0.310 e. The molecule has 0 amide bonds. The summed E-state index contributed by atoms with van der Waals surface area (Å²) in [6.07, 6.45) is 4.00. The van der Waals surface area contributed by atoms with Gasteiger partial charge in [0, 0.05) is 29.9 Å². The Kier molecular flexibility index (Phi) is 6.33. The van der Waals surface area contributed by atoms with E-state index in [0.29, 0.717) is 6.04 Å². The summed E-state index contributed by atoms with van der Waals surface area (Å²) >= 11 is 1.89. The zero-order valence-electron chi connectivity index (χ0n) is 13.2. The number of hydrogen-bond acceptors (Lipinski definition) is 3. The normalized spacial score (nSPS) is 12.5. The van der Waals surface area contributed by atoms with Crippen LogP contribution in [0.3, 0.4) is 0 Å². The van der Waals surface area contributed by atoms with E-state index in [4.69, 9.17) is 0 Å². The van der Waals surface area contributed by atoms with E-state index in [1.54, 1.807) is 0 Å². The smallest absolute Gasteiger partial charge is 0.0492 e. The van der Waals surface area contributed by atoms with Crippen molar-refractivity contribution in [3.63, 3.8) is 0 Å². The fourth-order valence-corrected chi connectivity index (χ4v) is 3.20. The number of aryl methyl sites for hydroxylation is 2. The summed E-state index contributed by atoms with van der Waals surface area (Å²) in [5, 5.41) is 7.83. The van der Waals surface area contributed by atoms with Gasteiger partial charge in [0.1, 0.15) is 0 Å². The number of rotatable bonds is 8. The maximum absolute atomic E-state index is 4.24. The summed E-state index contributed by atoms with van der Waals surface area (Å²) in [5.41, 5.74) is 2.66. The van der Waals surface area contributed by atoms with E-state index in [-0.39, 0.29) is 0 Å². The first-order chi connectivity index (χ1) is 10.2. The second kappa shape index (κ2) is 8.25. The Hall–Kier alpha value is -1.26. The molecule has 1 unspecified atom stereocenters. The van der Waals surface area contributed by atoms with Crippen LogP contribution in [0.1, 0.15) is 37.6 Å². The van der Waals surface area contributed by atoms with Crippen LogP contribution >= 0.6 is 11.8 Å². The Morgan fingerprint density at radius 2 is 1.95 bits per heavy atom. The van der Waals surface area contributed by atoms with E-state index >= 15 is 0 Å². The third-order valence-corrected chi connectivity index (χ3v) is 4.55. The van der Waals surface area contributed by atoms with Crippen LogP contribution in [0.15, 0.2) is 41.4 Å². The predicted molar refractivity (Wildman–Crippen MR) is 90.8 cm³/mol. The van der Waals surface area contributed by atoms with Crippen LogP contribution in [0, 0.1) is 0 Å². The zero-order valence-corrected chi connectivity index (χ0v) is 14.0. The third-order valence-electron chi connectivity index (χ3n) is 3.66. The van der Waals surface area contributed by atoms with Gasteiger partial charge in [-0.15, -0.1) is 11.8 Å². The van der Waals surface area contributed by atoms with Crippen LogP contribution < -0.4 is 5.32 Å². The average Bonchev–Trinajstić information content (AvgIpc) is 2.90. The lowest BCUT2D eigenvalue weighted by atomic mass is 10.0. The Morgan fingerprint density at radius 1 is 1.19 bits per heavy atom. The molecule has 0 aliphatic heterocycles. The number of nitrogens with zero attached hydrogens (tertiary/aromatic N) is 2. The van der Waals surface area contributed by atoms with Crippen molar-refractivity contribution in [1.29, 1.82) is 0 Å². The highest BCUT2D eigenvalue weighted by Gasteiger charge is 2.11. The van der Waals surface area contributed by atoms with Gasteiger partial charge in [-0.25, -0.2) is 0 Å². The van der Waals surface area contributed by atoms with Gasteiger partial charge in [-0.3, -0.25) is 4.68 Å². The van der Waals surface area contributed by atoms with Crippen molar-refractivity contribution < 1.29 is 0 Å². The van der Waals surface area contributed by atoms with Crippen LogP contribution in [0.25, 0.3) is 0 Å². The second-order valence-electron chi connectivity index (χ2n) is 5.10. The van der Waals surface area contributed by atoms with Crippen LogP contribution in [0.4, 0.5) is 0 Å². The third kappa shape index (κ3) is 4.61. The minimum atomic E-state index is 0.408. The molecular weight excluding hydrogens is 278 g/mol. The molecule has 0 aliphatic rings. The van der Waals surface area contributed by atoms with Gasteiger partial charge in [0.25, 0.3) is 0 Å². The summed E-state index contributed by atoms with van der Waals surface area (Å²) in [4.78, 5) is 1.35. The van der Waals surface area contributed by atoms with Gasteiger partial charge in [-0.1, -0.05) is 26.0 Å². The molecule has 2 aromatic rings. The van der Waals surface area contributed by atoms with Gasteiger partial charge in [0.2, 0.25) is 0 Å². The topological polar surface area (TPSA) is 29.9 Å². The monoisotopic (exact) mass is 303 g/mol. The molecule has 1 N–H and O–H groups in total. The van der Waals surface area contributed by atoms with Crippen molar-refractivity contribution in [2.45, 2.75) is 37.6 Å². The Balaban J connectivity index is 2.02. The lowest BCUT2D eigenvalue weighted by molar-refractivity contribution is 0.506. The Bertz CT molecular complexity index is 533. The fourth-order valence-electron chi connectivity index (χ4n) is 2.53. The average molecular weight is 303 g/mol. The second-order valence-corrected chi connectivity index (χ2v) is 6.43. The summed E-state index contributed by atoms with van der Waals surface area (Å²) < 4.78 is 1.96. The van der Waals surface area contributed by atoms with Gasteiger partial charge in [-0.2, -0.15) is 5.10 Å². The molecule has 21 heavy (non-hydrogen) atoms. The maximum atomic E-state index is 4.24. The number of aromatic nitrogens is 2. The molecule has 0 saturated heterocycles. The molecule has 1 aromatic heterocycles. The number of hydrogen-bond donors (Lipinski definition) is 1. The molecule has 0 aliphatic carbocycles. The van der Waals surface area contributed by atoms with Gasteiger partial charge in [0.15, 0.2) is 0 Å². The van der Waals surface area contributed by atoms with Crippen molar-refractivity contribution >= 4 is 11.8 Å². The quantitative estimate of drug-likeness (QED) is 0.752. The summed E-state index contributed by atoms with van der Waals surface area (Å²) in [5.74, 6) is 1.12. The molecule has 1 heterocycles. The minimum absolute atomic E-state index is 0.408. The molecule has 0 saturated carbocycles. The first kappa shape index (κ1) is 16.1. The van der Waals surface area contributed by atoms with Gasteiger partial charge < -0.3 is 5.32 Å². The lowest BCUT2D eigenvalue weighted by Crippen LogP contribution is -2.21. The predicted octanol–water partition coefficient (Wildman–Crippen LogP) is 3.82. The molecule has 0 bridgehead atoms. The van der Waals surface area contributed by atoms with Crippen molar-refractivity contribution in [1.82, 2.24) is 15.1 Å². The van der Waals surface area contributed by atoms with Crippen molar-refractivity contribution in [3.05, 3.63) is 47.8 Å². The first-order valence-electron chi connectivity index (χ1n) is 7.67. The van der Waals surface area contributed by atoms with Crippen LogP contribution in [0.5, 0.6) is 0 Å². The SMILES string of the molecule is CCNC(CCc1ccnn1C)c1ccc(SCC)cc1.